The summed E-state index contributed by atoms with van der Waals surface area (Å²) in [7, 11) is 0. The summed E-state index contributed by atoms with van der Waals surface area (Å²) in [5.74, 6) is -0.812. The molecule has 3 heterocycles. The fourth-order valence-corrected chi connectivity index (χ4v) is 2.99. The molecule has 4 rings (SSSR count). The molecule has 6 nitrogen and oxygen atoms in total. The van der Waals surface area contributed by atoms with Gasteiger partial charge in [0.1, 0.15) is 17.6 Å². The summed E-state index contributed by atoms with van der Waals surface area (Å²) in [5.41, 5.74) is 2.06. The monoisotopic (exact) mass is 309 g/mol. The lowest BCUT2D eigenvalue weighted by Crippen LogP contribution is -2.39. The van der Waals surface area contributed by atoms with Gasteiger partial charge in [-0.1, -0.05) is 12.1 Å². The zero-order valence-corrected chi connectivity index (χ0v) is 12.2. The Hall–Kier alpha value is -3.09. The fourth-order valence-electron chi connectivity index (χ4n) is 2.99. The predicted molar refractivity (Wildman–Crippen MR) is 79.9 cm³/mol. The number of H-pyrrole nitrogens is 1. The quantitative estimate of drug-likeness (QED) is 0.758. The third kappa shape index (κ3) is 1.93. The first-order valence-electron chi connectivity index (χ1n) is 7.02. The van der Waals surface area contributed by atoms with Crippen molar-refractivity contribution in [3.8, 4) is 11.1 Å². The van der Waals surface area contributed by atoms with Gasteiger partial charge in [0.2, 0.25) is 0 Å². The highest BCUT2D eigenvalue weighted by Gasteiger charge is 2.43. The molecule has 1 amide bonds. The Bertz CT molecular complexity index is 909. The smallest absolute Gasteiger partial charge is 0.252 e. The molecular weight excluding hydrogens is 297 g/mol. The number of nitrogens with one attached hydrogen (secondary N) is 2. The molecule has 0 fully saturated rings. The maximum absolute atomic E-state index is 14.1. The Labute approximate surface area is 130 Å². The molecule has 23 heavy (non-hydrogen) atoms. The van der Waals surface area contributed by atoms with E-state index >= 15 is 0 Å². The standard InChI is InChI=1S/C16H12FN5O/c1-16(14-13(17)7-18-8-19-14)12-3-2-9(10-5-20-21-6-10)4-11(12)15(23)22-16/h2-8H,1H3,(H,20,21)(H,22,23). The van der Waals surface area contributed by atoms with Gasteiger partial charge in [-0.2, -0.15) is 5.10 Å². The largest absolute Gasteiger partial charge is 0.337 e. The molecule has 0 aliphatic carbocycles. The molecule has 0 saturated carbocycles. The molecule has 7 heteroatoms. The first kappa shape index (κ1) is 13.6. The molecule has 0 spiro atoms. The summed E-state index contributed by atoms with van der Waals surface area (Å²) in [5, 5.41) is 9.48. The molecule has 114 valence electrons. The number of carbonyl (C=O) groups excluding carboxylic acids is 1. The molecular formula is C16H12FN5O. The van der Waals surface area contributed by atoms with Crippen LogP contribution >= 0.6 is 0 Å². The van der Waals surface area contributed by atoms with E-state index in [1.165, 1.54) is 6.33 Å². The SMILES string of the molecule is CC1(c2ncncc2F)NC(=O)c2cc(-c3cn[nH]c3)ccc21. The summed E-state index contributed by atoms with van der Waals surface area (Å²) in [6, 6.07) is 5.47. The zero-order chi connectivity index (χ0) is 16.0. The van der Waals surface area contributed by atoms with Crippen LogP contribution in [0.1, 0.15) is 28.5 Å². The minimum Gasteiger partial charge on any atom is -0.337 e. The topological polar surface area (TPSA) is 83.6 Å². The molecule has 1 atom stereocenters. The number of nitrogens with zero attached hydrogens (tertiary/aromatic N) is 3. The van der Waals surface area contributed by atoms with Crippen LogP contribution in [0.4, 0.5) is 4.39 Å². The first-order chi connectivity index (χ1) is 11.1. The van der Waals surface area contributed by atoms with Gasteiger partial charge in [0.25, 0.3) is 5.91 Å². The molecule has 2 N–H and O–H groups in total. The van der Waals surface area contributed by atoms with Crippen molar-refractivity contribution in [2.24, 2.45) is 0 Å². The average molecular weight is 309 g/mol. The molecule has 1 aliphatic rings. The van der Waals surface area contributed by atoms with E-state index in [9.17, 15) is 9.18 Å². The lowest BCUT2D eigenvalue weighted by molar-refractivity contribution is 0.0943. The van der Waals surface area contributed by atoms with E-state index in [4.69, 9.17) is 0 Å². The van der Waals surface area contributed by atoms with E-state index in [1.807, 2.05) is 12.1 Å². The van der Waals surface area contributed by atoms with Crippen LogP contribution in [0.15, 0.2) is 43.1 Å². The Kier molecular flexibility index (Phi) is 2.77. The van der Waals surface area contributed by atoms with Crippen LogP contribution in [0.2, 0.25) is 0 Å². The van der Waals surface area contributed by atoms with Crippen molar-refractivity contribution in [3.63, 3.8) is 0 Å². The van der Waals surface area contributed by atoms with Crippen molar-refractivity contribution < 1.29 is 9.18 Å². The van der Waals surface area contributed by atoms with Gasteiger partial charge in [0.05, 0.1) is 12.4 Å². The number of aromatic nitrogens is 4. The molecule has 1 aliphatic heterocycles. The van der Waals surface area contributed by atoms with Crippen molar-refractivity contribution in [1.82, 2.24) is 25.5 Å². The van der Waals surface area contributed by atoms with Gasteiger partial charge in [0, 0.05) is 17.3 Å². The lowest BCUT2D eigenvalue weighted by Gasteiger charge is -2.25. The van der Waals surface area contributed by atoms with E-state index in [0.29, 0.717) is 11.1 Å². The number of aromatic amines is 1. The van der Waals surface area contributed by atoms with E-state index in [1.54, 1.807) is 25.4 Å². The van der Waals surface area contributed by atoms with Crippen LogP contribution < -0.4 is 5.32 Å². The number of fused-ring (bicyclic) bond motifs is 1. The van der Waals surface area contributed by atoms with Gasteiger partial charge in [-0.05, 0) is 24.1 Å². The van der Waals surface area contributed by atoms with Gasteiger partial charge in [-0.15, -0.1) is 0 Å². The minimum atomic E-state index is -1.02. The third-order valence-corrected chi connectivity index (χ3v) is 4.14. The van der Waals surface area contributed by atoms with Gasteiger partial charge in [-0.3, -0.25) is 9.89 Å². The van der Waals surface area contributed by atoms with Gasteiger partial charge >= 0.3 is 0 Å². The van der Waals surface area contributed by atoms with Gasteiger partial charge in [-0.25, -0.2) is 14.4 Å². The molecule has 3 aromatic rings. The van der Waals surface area contributed by atoms with Crippen molar-refractivity contribution in [2.45, 2.75) is 12.5 Å². The fraction of sp³-hybridized carbons (Fsp3) is 0.125. The van der Waals surface area contributed by atoms with Crippen LogP contribution in [0, 0.1) is 5.82 Å². The van der Waals surface area contributed by atoms with Crippen LogP contribution in [0.3, 0.4) is 0 Å². The second-order valence-corrected chi connectivity index (χ2v) is 5.55. The van der Waals surface area contributed by atoms with Crippen molar-refractivity contribution in [3.05, 3.63) is 65.8 Å². The number of halogens is 1. The highest BCUT2D eigenvalue weighted by Crippen LogP contribution is 2.38. The average Bonchev–Trinajstić information content (AvgIpc) is 3.16. The summed E-state index contributed by atoms with van der Waals surface area (Å²) in [4.78, 5) is 20.1. The molecule has 0 bridgehead atoms. The number of hydrogen-bond donors (Lipinski definition) is 2. The van der Waals surface area contributed by atoms with E-state index in [0.717, 1.165) is 17.3 Å². The van der Waals surface area contributed by atoms with Crippen LogP contribution in [-0.2, 0) is 5.54 Å². The molecule has 2 aromatic heterocycles. The highest BCUT2D eigenvalue weighted by atomic mass is 19.1. The maximum atomic E-state index is 14.1. The molecule has 1 unspecified atom stereocenters. The third-order valence-electron chi connectivity index (χ3n) is 4.14. The number of hydrogen-bond acceptors (Lipinski definition) is 4. The Morgan fingerprint density at radius 1 is 1.22 bits per heavy atom. The van der Waals surface area contributed by atoms with Gasteiger partial charge < -0.3 is 5.32 Å². The van der Waals surface area contributed by atoms with E-state index < -0.39 is 11.4 Å². The predicted octanol–water partition coefficient (Wildman–Crippen LogP) is 2.01. The Balaban J connectivity index is 1.88. The van der Waals surface area contributed by atoms with E-state index in [-0.39, 0.29) is 11.6 Å². The number of amides is 1. The van der Waals surface area contributed by atoms with E-state index in [2.05, 4.69) is 25.5 Å². The van der Waals surface area contributed by atoms with Crippen LogP contribution in [0.25, 0.3) is 11.1 Å². The number of carbonyl (C=O) groups is 1. The van der Waals surface area contributed by atoms with Crippen molar-refractivity contribution in [1.29, 1.82) is 0 Å². The Morgan fingerprint density at radius 3 is 2.83 bits per heavy atom. The molecule has 1 aromatic carbocycles. The molecule has 0 radical (unpaired) electrons. The second kappa shape index (κ2) is 4.70. The lowest BCUT2D eigenvalue weighted by atomic mass is 9.87. The number of rotatable bonds is 2. The first-order valence-corrected chi connectivity index (χ1v) is 7.02. The van der Waals surface area contributed by atoms with Crippen molar-refractivity contribution in [2.75, 3.05) is 0 Å². The summed E-state index contributed by atoms with van der Waals surface area (Å²) in [6.45, 7) is 1.74. The summed E-state index contributed by atoms with van der Waals surface area (Å²) in [6.07, 6.45) is 5.79. The minimum absolute atomic E-state index is 0.149. The summed E-state index contributed by atoms with van der Waals surface area (Å²) < 4.78 is 14.1. The molecule has 0 saturated heterocycles. The van der Waals surface area contributed by atoms with Crippen molar-refractivity contribution >= 4 is 5.91 Å². The normalized spacial score (nSPS) is 19.5. The number of benzene rings is 1. The maximum Gasteiger partial charge on any atom is 0.252 e. The summed E-state index contributed by atoms with van der Waals surface area (Å²) >= 11 is 0. The zero-order valence-electron chi connectivity index (χ0n) is 12.2. The second-order valence-electron chi connectivity index (χ2n) is 5.55. The highest BCUT2D eigenvalue weighted by molar-refractivity contribution is 6.01. The Morgan fingerprint density at radius 2 is 2.09 bits per heavy atom. The van der Waals surface area contributed by atoms with Gasteiger partial charge in [0.15, 0.2) is 5.82 Å². The van der Waals surface area contributed by atoms with Crippen LogP contribution in [-0.4, -0.2) is 26.1 Å². The van der Waals surface area contributed by atoms with Crippen LogP contribution in [0.5, 0.6) is 0 Å².